The summed E-state index contributed by atoms with van der Waals surface area (Å²) < 4.78 is 0. The molecule has 1 unspecified atom stereocenters. The number of rotatable bonds is 6. The maximum atomic E-state index is 4.45. The Hall–Kier alpha value is -0.510. The van der Waals surface area contributed by atoms with Gasteiger partial charge in [-0.3, -0.25) is 9.89 Å². The first-order valence-electron chi connectivity index (χ1n) is 9.00. The van der Waals surface area contributed by atoms with Crippen molar-refractivity contribution in [3.8, 4) is 0 Å². The number of aliphatic imine (C=N–C) groups is 1. The summed E-state index contributed by atoms with van der Waals surface area (Å²) >= 11 is 1.77. The zero-order chi connectivity index (χ0) is 18.2. The smallest absolute Gasteiger partial charge is 0.193 e. The molecule has 1 aliphatic rings. The fourth-order valence-corrected chi connectivity index (χ4v) is 3.50. The average Bonchev–Trinajstić information content (AvgIpc) is 2.63. The molecule has 0 aromatic heterocycles. The summed E-state index contributed by atoms with van der Waals surface area (Å²) in [6, 6.07) is 9.27. The number of nitrogens with zero attached hydrogens (tertiary/aromatic N) is 4. The molecule has 1 aromatic carbocycles. The lowest BCUT2D eigenvalue weighted by Gasteiger charge is -2.37. The monoisotopic (exact) mass is 491 g/mol. The van der Waals surface area contributed by atoms with Crippen LogP contribution in [0, 0.1) is 0 Å². The third-order valence-electron chi connectivity index (χ3n) is 4.87. The summed E-state index contributed by atoms with van der Waals surface area (Å²) in [5, 5.41) is 3.54. The van der Waals surface area contributed by atoms with Gasteiger partial charge in [0.05, 0.1) is 0 Å². The van der Waals surface area contributed by atoms with E-state index in [1.54, 1.807) is 11.8 Å². The van der Waals surface area contributed by atoms with Crippen molar-refractivity contribution in [2.45, 2.75) is 24.4 Å². The number of hydrogen-bond acceptors (Lipinski definition) is 4. The molecular weight excluding hydrogens is 457 g/mol. The zero-order valence-electron chi connectivity index (χ0n) is 16.7. The molecule has 5 nitrogen and oxygen atoms in total. The van der Waals surface area contributed by atoms with Crippen LogP contribution in [-0.4, -0.2) is 86.8 Å². The quantitative estimate of drug-likeness (QED) is 0.287. The fraction of sp³-hybridized carbons (Fsp3) is 0.632. The van der Waals surface area contributed by atoms with Crippen LogP contribution in [-0.2, 0) is 6.54 Å². The molecule has 0 saturated carbocycles. The largest absolute Gasteiger partial charge is 0.355 e. The minimum Gasteiger partial charge on any atom is -0.355 e. The minimum absolute atomic E-state index is 0. The SMILES string of the molecule is CN=C(NCC(C)N1CCN(C)CC1)N(C)Cc1ccc(SC)cc1.I. The van der Waals surface area contributed by atoms with Crippen LogP contribution in [0.3, 0.4) is 0 Å². The first-order chi connectivity index (χ1) is 12.0. The minimum atomic E-state index is 0. The van der Waals surface area contributed by atoms with Crippen LogP contribution in [0.15, 0.2) is 34.2 Å². The average molecular weight is 491 g/mol. The maximum absolute atomic E-state index is 4.45. The van der Waals surface area contributed by atoms with E-state index in [9.17, 15) is 0 Å². The third-order valence-corrected chi connectivity index (χ3v) is 5.61. The highest BCUT2D eigenvalue weighted by atomic mass is 127. The second-order valence-corrected chi connectivity index (χ2v) is 7.70. The molecule has 1 N–H and O–H groups in total. The first kappa shape index (κ1) is 23.5. The molecule has 0 bridgehead atoms. The van der Waals surface area contributed by atoms with Gasteiger partial charge < -0.3 is 15.1 Å². The van der Waals surface area contributed by atoms with Crippen molar-refractivity contribution in [3.05, 3.63) is 29.8 Å². The predicted molar refractivity (Wildman–Crippen MR) is 125 cm³/mol. The highest BCUT2D eigenvalue weighted by Crippen LogP contribution is 2.15. The number of piperazine rings is 1. The molecule has 0 amide bonds. The van der Waals surface area contributed by atoms with Crippen molar-refractivity contribution < 1.29 is 0 Å². The van der Waals surface area contributed by atoms with E-state index in [2.05, 4.69) is 76.5 Å². The van der Waals surface area contributed by atoms with Gasteiger partial charge in [0.1, 0.15) is 0 Å². The molecule has 148 valence electrons. The van der Waals surface area contributed by atoms with Gasteiger partial charge in [-0.15, -0.1) is 35.7 Å². The van der Waals surface area contributed by atoms with E-state index in [0.29, 0.717) is 6.04 Å². The molecule has 0 aliphatic carbocycles. The van der Waals surface area contributed by atoms with Crippen LogP contribution in [0.1, 0.15) is 12.5 Å². The number of thioether (sulfide) groups is 1. The Bertz CT molecular complexity index is 543. The van der Waals surface area contributed by atoms with E-state index >= 15 is 0 Å². The molecule has 0 radical (unpaired) electrons. The number of halogens is 1. The molecule has 1 atom stereocenters. The normalized spacial score (nSPS) is 17.5. The predicted octanol–water partition coefficient (Wildman–Crippen LogP) is 2.67. The second kappa shape index (κ2) is 12.0. The van der Waals surface area contributed by atoms with Crippen molar-refractivity contribution in [2.24, 2.45) is 4.99 Å². The van der Waals surface area contributed by atoms with E-state index in [0.717, 1.165) is 45.2 Å². The van der Waals surface area contributed by atoms with Gasteiger partial charge in [0.25, 0.3) is 0 Å². The Kier molecular flexibility index (Phi) is 10.9. The lowest BCUT2D eigenvalue weighted by molar-refractivity contribution is 0.119. The summed E-state index contributed by atoms with van der Waals surface area (Å²) in [5.41, 5.74) is 1.30. The van der Waals surface area contributed by atoms with Gasteiger partial charge >= 0.3 is 0 Å². The van der Waals surface area contributed by atoms with Crippen molar-refractivity contribution in [2.75, 3.05) is 60.1 Å². The van der Waals surface area contributed by atoms with Crippen molar-refractivity contribution in [1.29, 1.82) is 0 Å². The molecular formula is C19H34IN5S. The Balaban J connectivity index is 0.00000338. The molecule has 2 rings (SSSR count). The van der Waals surface area contributed by atoms with Crippen molar-refractivity contribution >= 4 is 41.7 Å². The van der Waals surface area contributed by atoms with E-state index in [-0.39, 0.29) is 24.0 Å². The lowest BCUT2D eigenvalue weighted by atomic mass is 10.2. The lowest BCUT2D eigenvalue weighted by Crippen LogP contribution is -2.52. The second-order valence-electron chi connectivity index (χ2n) is 6.82. The highest BCUT2D eigenvalue weighted by Gasteiger charge is 2.19. The standard InChI is InChI=1S/C19H33N5S.HI/c1-16(24-12-10-22(3)11-13-24)14-21-19(20-2)23(4)15-17-6-8-18(25-5)9-7-17;/h6-9,16H,10-15H2,1-5H3,(H,20,21);1H. The Morgan fingerprint density at radius 1 is 1.23 bits per heavy atom. The summed E-state index contributed by atoms with van der Waals surface area (Å²) in [4.78, 5) is 12.9. The van der Waals surface area contributed by atoms with Gasteiger partial charge in [-0.1, -0.05) is 12.1 Å². The van der Waals surface area contributed by atoms with Crippen LogP contribution in [0.2, 0.25) is 0 Å². The molecule has 0 spiro atoms. The van der Waals surface area contributed by atoms with Crippen molar-refractivity contribution in [1.82, 2.24) is 20.0 Å². The third kappa shape index (κ3) is 7.25. The van der Waals surface area contributed by atoms with E-state index < -0.39 is 0 Å². The van der Waals surface area contributed by atoms with Gasteiger partial charge in [-0.05, 0) is 37.9 Å². The molecule has 1 saturated heterocycles. The topological polar surface area (TPSA) is 34.1 Å². The molecule has 1 aromatic rings. The summed E-state index contributed by atoms with van der Waals surface area (Å²) in [7, 11) is 6.15. The first-order valence-corrected chi connectivity index (χ1v) is 10.2. The van der Waals surface area contributed by atoms with Gasteiger partial charge in [-0.2, -0.15) is 0 Å². The van der Waals surface area contributed by atoms with Gasteiger partial charge in [-0.25, -0.2) is 0 Å². The Labute approximate surface area is 180 Å². The highest BCUT2D eigenvalue weighted by molar-refractivity contribution is 14.0. The number of hydrogen-bond donors (Lipinski definition) is 1. The number of likely N-dealkylation sites (N-methyl/N-ethyl adjacent to an activating group) is 1. The summed E-state index contributed by atoms with van der Waals surface area (Å²) in [5.74, 6) is 0.954. The molecule has 7 heteroatoms. The van der Waals surface area contributed by atoms with Crippen LogP contribution < -0.4 is 5.32 Å². The van der Waals surface area contributed by atoms with E-state index in [4.69, 9.17) is 0 Å². The number of nitrogens with one attached hydrogen (secondary N) is 1. The zero-order valence-corrected chi connectivity index (χ0v) is 19.9. The van der Waals surface area contributed by atoms with Crippen molar-refractivity contribution in [3.63, 3.8) is 0 Å². The fourth-order valence-electron chi connectivity index (χ4n) is 3.10. The van der Waals surface area contributed by atoms with Crippen LogP contribution in [0.25, 0.3) is 0 Å². The van der Waals surface area contributed by atoms with Crippen LogP contribution in [0.4, 0.5) is 0 Å². The molecule has 1 aliphatic heterocycles. The maximum Gasteiger partial charge on any atom is 0.193 e. The summed E-state index contributed by atoms with van der Waals surface area (Å²) in [6.45, 7) is 8.69. The van der Waals surface area contributed by atoms with E-state index in [1.165, 1.54) is 10.5 Å². The Morgan fingerprint density at radius 2 is 1.85 bits per heavy atom. The number of guanidine groups is 1. The van der Waals surface area contributed by atoms with Gasteiger partial charge in [0, 0.05) is 64.3 Å². The molecule has 1 heterocycles. The number of benzene rings is 1. The molecule has 26 heavy (non-hydrogen) atoms. The van der Waals surface area contributed by atoms with Gasteiger partial charge in [0.15, 0.2) is 5.96 Å². The van der Waals surface area contributed by atoms with Crippen LogP contribution in [0.5, 0.6) is 0 Å². The van der Waals surface area contributed by atoms with Crippen LogP contribution >= 0.6 is 35.7 Å². The van der Waals surface area contributed by atoms with E-state index in [1.807, 2.05) is 7.05 Å². The molecule has 1 fully saturated rings. The van der Waals surface area contributed by atoms with Gasteiger partial charge in [0.2, 0.25) is 0 Å². The summed E-state index contributed by atoms with van der Waals surface area (Å²) in [6.07, 6.45) is 2.11. The Morgan fingerprint density at radius 3 is 2.38 bits per heavy atom.